The third-order valence-electron chi connectivity index (χ3n) is 5.75. The lowest BCUT2D eigenvalue weighted by atomic mass is 10.1. The smallest absolute Gasteiger partial charge is 0.389 e. The maximum atomic E-state index is 14.3. The molecule has 0 saturated carbocycles. The third kappa shape index (κ3) is 6.98. The van der Waals surface area contributed by atoms with E-state index in [1.54, 1.807) is 25.7 Å². The number of nitrogens with one attached hydrogen (secondary N) is 1. The molecule has 3 heterocycles. The largest absolute Gasteiger partial charge is 0.417 e. The fourth-order valence-electron chi connectivity index (χ4n) is 4.25. The second-order valence-corrected chi connectivity index (χ2v) is 12.1. The van der Waals surface area contributed by atoms with Crippen LogP contribution in [0.25, 0.3) is 10.4 Å². The predicted octanol–water partition coefficient (Wildman–Crippen LogP) is 4.90. The first-order valence-electron chi connectivity index (χ1n) is 12.0. The predicted molar refractivity (Wildman–Crippen MR) is 137 cm³/mol. The van der Waals surface area contributed by atoms with Gasteiger partial charge >= 0.3 is 6.18 Å². The van der Waals surface area contributed by atoms with Crippen LogP contribution in [-0.2, 0) is 6.18 Å². The van der Waals surface area contributed by atoms with Gasteiger partial charge in [-0.3, -0.25) is 9.59 Å². The van der Waals surface area contributed by atoms with Crippen molar-refractivity contribution >= 4 is 29.0 Å². The number of pyridine rings is 1. The quantitative estimate of drug-likeness (QED) is 0.540. The van der Waals surface area contributed by atoms with Gasteiger partial charge in [-0.25, -0.2) is 9.97 Å². The zero-order valence-corrected chi connectivity index (χ0v) is 23.0. The first-order chi connectivity index (χ1) is 16.9. The van der Waals surface area contributed by atoms with Crippen molar-refractivity contribution in [2.45, 2.75) is 77.7 Å². The highest BCUT2D eigenvalue weighted by Gasteiger charge is 2.39. The molecule has 1 saturated heterocycles. The Morgan fingerprint density at radius 2 is 1.89 bits per heavy atom. The number of aromatic nitrogens is 2. The van der Waals surface area contributed by atoms with Crippen molar-refractivity contribution in [3.8, 4) is 10.4 Å². The number of carbonyl (C=O) groups is 2. The van der Waals surface area contributed by atoms with Gasteiger partial charge in [0.15, 0.2) is 5.01 Å². The van der Waals surface area contributed by atoms with Crippen molar-refractivity contribution in [3.05, 3.63) is 28.5 Å². The van der Waals surface area contributed by atoms with Crippen molar-refractivity contribution in [3.63, 3.8) is 0 Å². The van der Waals surface area contributed by atoms with Gasteiger partial charge in [-0.2, -0.15) is 13.2 Å². The summed E-state index contributed by atoms with van der Waals surface area (Å²) in [5.41, 5.74) is -3.23. The van der Waals surface area contributed by atoms with Crippen LogP contribution in [0.5, 0.6) is 0 Å². The summed E-state index contributed by atoms with van der Waals surface area (Å²) < 4.78 is 42.8. The molecule has 0 spiro atoms. The Labute approximate surface area is 218 Å². The number of nitrogens with zero attached hydrogens (tertiary/aromatic N) is 4. The molecular weight excluding hydrogens is 507 g/mol. The topological polar surface area (TPSA) is 98.7 Å². The number of carbonyl (C=O) groups excluding carboxylic acids is 2. The van der Waals surface area contributed by atoms with Crippen LogP contribution in [-0.4, -0.2) is 74.0 Å². The van der Waals surface area contributed by atoms with E-state index in [0.717, 1.165) is 36.4 Å². The third-order valence-corrected chi connectivity index (χ3v) is 6.83. The maximum absolute atomic E-state index is 14.3. The molecule has 2 amide bonds. The van der Waals surface area contributed by atoms with Gasteiger partial charge in [0.2, 0.25) is 0 Å². The lowest BCUT2D eigenvalue weighted by molar-refractivity contribution is -0.137. The summed E-state index contributed by atoms with van der Waals surface area (Å²) in [5, 5.41) is 12.9. The molecule has 0 aliphatic carbocycles. The molecule has 1 aliphatic rings. The van der Waals surface area contributed by atoms with Crippen LogP contribution < -0.4 is 5.32 Å². The fraction of sp³-hybridized carbons (Fsp3) is 0.600. The van der Waals surface area contributed by atoms with Gasteiger partial charge in [0.25, 0.3) is 11.8 Å². The Morgan fingerprint density at radius 1 is 1.24 bits per heavy atom. The molecule has 1 aliphatic heterocycles. The summed E-state index contributed by atoms with van der Waals surface area (Å²) in [6.07, 6.45) is -2.13. The number of hydrogen-bond donors (Lipinski definition) is 2. The first-order valence-corrected chi connectivity index (χ1v) is 12.8. The minimum absolute atomic E-state index is 0.0320. The molecule has 3 rings (SSSR count). The molecule has 0 radical (unpaired) electrons. The Balaban J connectivity index is 2.17. The number of alkyl halides is 3. The highest BCUT2D eigenvalue weighted by molar-refractivity contribution is 7.17. The average Bonchev–Trinajstić information content (AvgIpc) is 3.36. The van der Waals surface area contributed by atoms with Crippen LogP contribution in [0.4, 0.5) is 19.0 Å². The molecule has 1 unspecified atom stereocenters. The Hall–Kier alpha value is -2.73. The summed E-state index contributed by atoms with van der Waals surface area (Å²) in [6, 6.07) is 0.812. The summed E-state index contributed by atoms with van der Waals surface area (Å²) in [4.78, 5) is 37.8. The summed E-state index contributed by atoms with van der Waals surface area (Å²) in [5.74, 6) is -1.09. The van der Waals surface area contributed by atoms with Crippen molar-refractivity contribution in [1.82, 2.24) is 19.8 Å². The molecule has 2 N–H and O–H groups in total. The number of likely N-dealkylation sites (tertiary alicyclic amines) is 1. The van der Waals surface area contributed by atoms with E-state index in [-0.39, 0.29) is 39.5 Å². The number of hydrogen-bond acceptors (Lipinski definition) is 7. The van der Waals surface area contributed by atoms with Crippen LogP contribution in [0, 0.1) is 0 Å². The molecule has 1 fully saturated rings. The Kier molecular flexibility index (Phi) is 7.95. The number of anilines is 1. The van der Waals surface area contributed by atoms with Crippen LogP contribution in [0.15, 0.2) is 12.3 Å². The number of thiazole rings is 1. The lowest BCUT2D eigenvalue weighted by Gasteiger charge is -2.24. The van der Waals surface area contributed by atoms with E-state index in [0.29, 0.717) is 6.54 Å². The Bertz CT molecular complexity index is 1170. The summed E-state index contributed by atoms with van der Waals surface area (Å²) >= 11 is 0.721. The van der Waals surface area contributed by atoms with Crippen molar-refractivity contribution < 1.29 is 27.9 Å². The minimum atomic E-state index is -4.75. The number of aliphatic hydroxyl groups is 1. The van der Waals surface area contributed by atoms with E-state index in [1.807, 2.05) is 6.92 Å². The Morgan fingerprint density at radius 3 is 2.41 bits per heavy atom. The van der Waals surface area contributed by atoms with Gasteiger partial charge in [-0.1, -0.05) is 0 Å². The van der Waals surface area contributed by atoms with E-state index in [1.165, 1.54) is 25.8 Å². The molecule has 37 heavy (non-hydrogen) atoms. The number of amides is 2. The van der Waals surface area contributed by atoms with E-state index in [9.17, 15) is 27.9 Å². The molecule has 1 atom stereocenters. The monoisotopic (exact) mass is 541 g/mol. The number of likely N-dealkylation sites (N-methyl/N-ethyl adjacent to an activating group) is 1. The van der Waals surface area contributed by atoms with Gasteiger partial charge in [0.1, 0.15) is 11.5 Å². The molecule has 2 aromatic heterocycles. The standard InChI is InChI=1S/C25H34F3N5O3S/c1-14-9-8-10-33(14)21(34)18-19(37-20(30-18)22(35)32(7)13-24(5,6)36)15-12-29-17(31-23(2,3)4)11-16(15)25(26,27)28/h11-12,14,36H,8-10,13H2,1-7H3,(H,29,31). The van der Waals surface area contributed by atoms with Gasteiger partial charge in [0.05, 0.1) is 16.0 Å². The highest BCUT2D eigenvalue weighted by Crippen LogP contribution is 2.42. The van der Waals surface area contributed by atoms with E-state index >= 15 is 0 Å². The second kappa shape index (κ2) is 10.2. The molecule has 12 heteroatoms. The fourth-order valence-corrected chi connectivity index (χ4v) is 5.32. The highest BCUT2D eigenvalue weighted by atomic mass is 32.1. The summed E-state index contributed by atoms with van der Waals surface area (Å²) in [6.45, 7) is 10.8. The van der Waals surface area contributed by atoms with Crippen molar-refractivity contribution in [2.24, 2.45) is 0 Å². The van der Waals surface area contributed by atoms with Gasteiger partial charge < -0.3 is 20.2 Å². The van der Waals surface area contributed by atoms with Crippen LogP contribution in [0.2, 0.25) is 0 Å². The number of rotatable bonds is 6. The maximum Gasteiger partial charge on any atom is 0.417 e. The number of halogens is 3. The van der Waals surface area contributed by atoms with Gasteiger partial charge in [-0.05, 0) is 60.5 Å². The van der Waals surface area contributed by atoms with Crippen molar-refractivity contribution in [1.29, 1.82) is 0 Å². The average molecular weight is 542 g/mol. The molecule has 0 bridgehead atoms. The minimum Gasteiger partial charge on any atom is -0.389 e. The molecule has 204 valence electrons. The molecule has 8 nitrogen and oxygen atoms in total. The van der Waals surface area contributed by atoms with Crippen LogP contribution in [0.1, 0.15) is 80.2 Å². The van der Waals surface area contributed by atoms with Crippen molar-refractivity contribution in [2.75, 3.05) is 25.5 Å². The molecular formula is C25H34F3N5O3S. The van der Waals surface area contributed by atoms with Crippen LogP contribution in [0.3, 0.4) is 0 Å². The zero-order valence-electron chi connectivity index (χ0n) is 22.2. The van der Waals surface area contributed by atoms with E-state index in [4.69, 9.17) is 0 Å². The zero-order chi connectivity index (χ0) is 27.9. The van der Waals surface area contributed by atoms with Crippen LogP contribution >= 0.6 is 11.3 Å². The lowest BCUT2D eigenvalue weighted by Crippen LogP contribution is -2.39. The SMILES string of the molecule is CC1CCCN1C(=O)c1nc(C(=O)N(C)CC(C)(C)O)sc1-c1cnc(NC(C)(C)C)cc1C(F)(F)F. The normalized spacial score (nSPS) is 16.7. The van der Waals surface area contributed by atoms with E-state index < -0.39 is 34.7 Å². The first kappa shape index (κ1) is 28.8. The second-order valence-electron chi connectivity index (χ2n) is 11.1. The van der Waals surface area contributed by atoms with Gasteiger partial charge in [0, 0.05) is 43.5 Å². The van der Waals surface area contributed by atoms with E-state index in [2.05, 4.69) is 15.3 Å². The van der Waals surface area contributed by atoms with Gasteiger partial charge in [-0.15, -0.1) is 11.3 Å². The molecule has 0 aromatic carbocycles. The summed E-state index contributed by atoms with van der Waals surface area (Å²) in [7, 11) is 1.46. The molecule has 2 aromatic rings.